The maximum absolute atomic E-state index is 11.9. The molecule has 0 saturated carbocycles. The van der Waals surface area contributed by atoms with E-state index in [1.54, 1.807) is 18.2 Å². The van der Waals surface area contributed by atoms with E-state index in [2.05, 4.69) is 10.1 Å². The van der Waals surface area contributed by atoms with E-state index in [-0.39, 0.29) is 23.8 Å². The molecular formula is C17H15Cl2NO4. The van der Waals surface area contributed by atoms with E-state index in [9.17, 15) is 9.59 Å². The van der Waals surface area contributed by atoms with Crippen molar-refractivity contribution in [2.24, 2.45) is 0 Å². The Bertz CT molecular complexity index is 732. The molecule has 24 heavy (non-hydrogen) atoms. The SMILES string of the molecule is COC(=O)c1cc(Cl)ccc1OCC(=O)NCc1ccc(Cl)cc1. The summed E-state index contributed by atoms with van der Waals surface area (Å²) in [5, 5.41) is 3.71. The number of ether oxygens (including phenoxy) is 2. The topological polar surface area (TPSA) is 64.6 Å². The first-order valence-electron chi connectivity index (χ1n) is 7.01. The van der Waals surface area contributed by atoms with E-state index in [1.165, 1.54) is 19.2 Å². The highest BCUT2D eigenvalue weighted by Crippen LogP contribution is 2.23. The molecule has 0 fully saturated rings. The van der Waals surface area contributed by atoms with Crippen LogP contribution in [0.15, 0.2) is 42.5 Å². The summed E-state index contributed by atoms with van der Waals surface area (Å²) in [5.41, 5.74) is 1.07. The highest BCUT2D eigenvalue weighted by molar-refractivity contribution is 6.31. The van der Waals surface area contributed by atoms with Gasteiger partial charge in [-0.3, -0.25) is 4.79 Å². The Labute approximate surface area is 149 Å². The Kier molecular flexibility index (Phi) is 6.46. The van der Waals surface area contributed by atoms with Gasteiger partial charge in [-0.05, 0) is 35.9 Å². The highest BCUT2D eigenvalue weighted by Gasteiger charge is 2.15. The zero-order valence-corrected chi connectivity index (χ0v) is 14.4. The second-order valence-electron chi connectivity index (χ2n) is 4.82. The average molecular weight is 368 g/mol. The third-order valence-corrected chi connectivity index (χ3v) is 3.60. The molecule has 2 rings (SSSR count). The third-order valence-electron chi connectivity index (χ3n) is 3.11. The minimum absolute atomic E-state index is 0.163. The van der Waals surface area contributed by atoms with Gasteiger partial charge < -0.3 is 14.8 Å². The first-order valence-corrected chi connectivity index (χ1v) is 7.77. The van der Waals surface area contributed by atoms with E-state index in [0.29, 0.717) is 16.6 Å². The number of nitrogens with one attached hydrogen (secondary N) is 1. The number of carbonyl (C=O) groups excluding carboxylic acids is 2. The summed E-state index contributed by atoms with van der Waals surface area (Å²) in [6, 6.07) is 11.6. The first-order chi connectivity index (χ1) is 11.5. The summed E-state index contributed by atoms with van der Waals surface area (Å²) < 4.78 is 10.1. The Hall–Kier alpha value is -2.24. The van der Waals surface area contributed by atoms with Gasteiger partial charge in [0.1, 0.15) is 11.3 Å². The van der Waals surface area contributed by atoms with Crippen LogP contribution in [-0.2, 0) is 16.1 Å². The van der Waals surface area contributed by atoms with E-state index in [1.807, 2.05) is 12.1 Å². The highest BCUT2D eigenvalue weighted by atomic mass is 35.5. The fraction of sp³-hybridized carbons (Fsp3) is 0.176. The normalized spacial score (nSPS) is 10.1. The fourth-order valence-electron chi connectivity index (χ4n) is 1.89. The third kappa shape index (κ3) is 5.15. The minimum Gasteiger partial charge on any atom is -0.483 e. The van der Waals surface area contributed by atoms with Crippen molar-refractivity contribution in [2.75, 3.05) is 13.7 Å². The Morgan fingerprint density at radius 3 is 2.38 bits per heavy atom. The van der Waals surface area contributed by atoms with E-state index < -0.39 is 5.97 Å². The van der Waals surface area contributed by atoms with Crippen LogP contribution in [0.5, 0.6) is 5.75 Å². The van der Waals surface area contributed by atoms with Crippen LogP contribution in [0, 0.1) is 0 Å². The zero-order chi connectivity index (χ0) is 17.5. The zero-order valence-electron chi connectivity index (χ0n) is 12.8. The lowest BCUT2D eigenvalue weighted by Gasteiger charge is -2.11. The van der Waals surface area contributed by atoms with Crippen molar-refractivity contribution in [3.8, 4) is 5.75 Å². The van der Waals surface area contributed by atoms with Gasteiger partial charge in [0.05, 0.1) is 7.11 Å². The number of rotatable bonds is 6. The second-order valence-corrected chi connectivity index (χ2v) is 5.70. The lowest BCUT2D eigenvalue weighted by Crippen LogP contribution is -2.28. The Morgan fingerprint density at radius 2 is 1.71 bits per heavy atom. The molecule has 0 unspecified atom stereocenters. The number of halogens is 2. The largest absolute Gasteiger partial charge is 0.483 e. The summed E-state index contributed by atoms with van der Waals surface area (Å²) in [5.74, 6) is -0.683. The van der Waals surface area contributed by atoms with Crippen LogP contribution in [-0.4, -0.2) is 25.6 Å². The van der Waals surface area contributed by atoms with Crippen molar-refractivity contribution < 1.29 is 19.1 Å². The maximum Gasteiger partial charge on any atom is 0.341 e. The fourth-order valence-corrected chi connectivity index (χ4v) is 2.19. The predicted octanol–water partition coefficient (Wildman–Crippen LogP) is 3.48. The van der Waals surface area contributed by atoms with Crippen LogP contribution >= 0.6 is 23.2 Å². The van der Waals surface area contributed by atoms with Crippen molar-refractivity contribution in [3.63, 3.8) is 0 Å². The standard InChI is InChI=1S/C17H15Cl2NO4/c1-23-17(22)14-8-13(19)6-7-15(14)24-10-16(21)20-9-11-2-4-12(18)5-3-11/h2-8H,9-10H2,1H3,(H,20,21). The van der Waals surface area contributed by atoms with Gasteiger partial charge in [-0.1, -0.05) is 35.3 Å². The number of benzene rings is 2. The number of amides is 1. The quantitative estimate of drug-likeness (QED) is 0.793. The van der Waals surface area contributed by atoms with Crippen LogP contribution in [0.25, 0.3) is 0 Å². The van der Waals surface area contributed by atoms with Crippen molar-refractivity contribution in [3.05, 3.63) is 63.6 Å². The summed E-state index contributed by atoms with van der Waals surface area (Å²) in [7, 11) is 1.26. The van der Waals surface area contributed by atoms with Crippen LogP contribution in [0.3, 0.4) is 0 Å². The molecule has 0 aromatic heterocycles. The molecule has 126 valence electrons. The summed E-state index contributed by atoms with van der Waals surface area (Å²) in [4.78, 5) is 23.6. The second kappa shape index (κ2) is 8.57. The molecule has 0 bridgehead atoms. The van der Waals surface area contributed by atoms with Gasteiger partial charge in [0.15, 0.2) is 6.61 Å². The Balaban J connectivity index is 1.92. The van der Waals surface area contributed by atoms with Gasteiger partial charge in [-0.15, -0.1) is 0 Å². The summed E-state index contributed by atoms with van der Waals surface area (Å²) in [6.07, 6.45) is 0. The molecule has 2 aromatic rings. The van der Waals surface area contributed by atoms with E-state index in [0.717, 1.165) is 5.56 Å². The lowest BCUT2D eigenvalue weighted by molar-refractivity contribution is -0.123. The molecule has 0 heterocycles. The monoisotopic (exact) mass is 367 g/mol. The smallest absolute Gasteiger partial charge is 0.341 e. The number of hydrogen-bond acceptors (Lipinski definition) is 4. The number of carbonyl (C=O) groups is 2. The lowest BCUT2D eigenvalue weighted by atomic mass is 10.2. The molecule has 1 amide bonds. The molecular weight excluding hydrogens is 353 g/mol. The van der Waals surface area contributed by atoms with Gasteiger partial charge in [0.25, 0.3) is 5.91 Å². The molecule has 7 heteroatoms. The van der Waals surface area contributed by atoms with Crippen molar-refractivity contribution in [1.29, 1.82) is 0 Å². The number of esters is 1. The molecule has 0 aliphatic carbocycles. The van der Waals surface area contributed by atoms with Crippen LogP contribution < -0.4 is 10.1 Å². The van der Waals surface area contributed by atoms with Crippen molar-refractivity contribution >= 4 is 35.1 Å². The summed E-state index contributed by atoms with van der Waals surface area (Å²) >= 11 is 11.7. The molecule has 0 saturated heterocycles. The first kappa shape index (κ1) is 18.1. The minimum atomic E-state index is -0.589. The maximum atomic E-state index is 11.9. The molecule has 5 nitrogen and oxygen atoms in total. The average Bonchev–Trinajstić information content (AvgIpc) is 2.59. The van der Waals surface area contributed by atoms with E-state index in [4.69, 9.17) is 27.9 Å². The van der Waals surface area contributed by atoms with Gasteiger partial charge in [-0.25, -0.2) is 4.79 Å². The van der Waals surface area contributed by atoms with Crippen LogP contribution in [0.4, 0.5) is 0 Å². The van der Waals surface area contributed by atoms with Crippen molar-refractivity contribution in [2.45, 2.75) is 6.54 Å². The summed E-state index contributed by atoms with van der Waals surface area (Å²) in [6.45, 7) is 0.114. The molecule has 0 spiro atoms. The predicted molar refractivity (Wildman–Crippen MR) is 91.6 cm³/mol. The number of methoxy groups -OCH3 is 1. The molecule has 0 aliphatic heterocycles. The molecule has 0 atom stereocenters. The molecule has 0 aliphatic rings. The van der Waals surface area contributed by atoms with Crippen LogP contribution in [0.1, 0.15) is 15.9 Å². The van der Waals surface area contributed by atoms with Gasteiger partial charge in [0, 0.05) is 16.6 Å². The van der Waals surface area contributed by atoms with Crippen molar-refractivity contribution in [1.82, 2.24) is 5.32 Å². The van der Waals surface area contributed by atoms with Crippen LogP contribution in [0.2, 0.25) is 10.0 Å². The Morgan fingerprint density at radius 1 is 1.04 bits per heavy atom. The molecule has 2 aromatic carbocycles. The molecule has 0 radical (unpaired) electrons. The van der Waals surface area contributed by atoms with Gasteiger partial charge >= 0.3 is 5.97 Å². The van der Waals surface area contributed by atoms with Gasteiger partial charge in [0.2, 0.25) is 0 Å². The molecule has 1 N–H and O–H groups in total. The van der Waals surface area contributed by atoms with E-state index >= 15 is 0 Å². The number of hydrogen-bond donors (Lipinski definition) is 1. The van der Waals surface area contributed by atoms with Gasteiger partial charge in [-0.2, -0.15) is 0 Å².